The highest BCUT2D eigenvalue weighted by molar-refractivity contribution is 9.10. The van der Waals surface area contributed by atoms with Crippen LogP contribution in [0.25, 0.3) is 0 Å². The van der Waals surface area contributed by atoms with E-state index in [1.165, 1.54) is 0 Å². The number of carbonyl (C=O) groups is 1. The number of pyridine rings is 2. The molecule has 2 aromatic rings. The van der Waals surface area contributed by atoms with Crippen LogP contribution in [0.15, 0.2) is 41.3 Å². The Morgan fingerprint density at radius 1 is 1.39 bits per heavy atom. The van der Waals surface area contributed by atoms with Gasteiger partial charge in [0.2, 0.25) is 5.91 Å². The summed E-state index contributed by atoms with van der Waals surface area (Å²) in [7, 11) is 0. The fourth-order valence-corrected chi connectivity index (χ4v) is 1.72. The van der Waals surface area contributed by atoms with E-state index in [1.807, 2.05) is 31.2 Å². The average molecular weight is 306 g/mol. The summed E-state index contributed by atoms with van der Waals surface area (Å²) in [6.07, 6.45) is 3.55. The Balaban J connectivity index is 2.01. The van der Waals surface area contributed by atoms with Gasteiger partial charge in [-0.2, -0.15) is 0 Å². The van der Waals surface area contributed by atoms with Crippen LogP contribution in [-0.4, -0.2) is 15.9 Å². The van der Waals surface area contributed by atoms with Crippen LogP contribution in [0, 0.1) is 6.92 Å². The number of carbonyl (C=O) groups excluding carboxylic acids is 1. The van der Waals surface area contributed by atoms with Crippen molar-refractivity contribution >= 4 is 27.5 Å². The Bertz CT molecular complexity index is 557. The van der Waals surface area contributed by atoms with Crippen LogP contribution in [0.3, 0.4) is 0 Å². The second-order valence-electron chi connectivity index (χ2n) is 3.88. The molecule has 0 aliphatic carbocycles. The predicted octanol–water partition coefficient (Wildman–Crippen LogP) is 2.73. The zero-order valence-corrected chi connectivity index (χ0v) is 11.4. The average Bonchev–Trinajstić information content (AvgIpc) is 2.35. The maximum atomic E-state index is 11.8. The van der Waals surface area contributed by atoms with Crippen LogP contribution in [0.1, 0.15) is 11.3 Å². The van der Waals surface area contributed by atoms with E-state index in [2.05, 4.69) is 31.2 Å². The summed E-state index contributed by atoms with van der Waals surface area (Å²) in [5, 5.41) is 2.80. The van der Waals surface area contributed by atoms with Crippen molar-refractivity contribution in [2.24, 2.45) is 0 Å². The van der Waals surface area contributed by atoms with Crippen molar-refractivity contribution in [3.63, 3.8) is 0 Å². The van der Waals surface area contributed by atoms with Crippen molar-refractivity contribution in [1.82, 2.24) is 9.97 Å². The molecule has 2 rings (SSSR count). The summed E-state index contributed by atoms with van der Waals surface area (Å²) in [5.74, 6) is -0.0998. The molecule has 18 heavy (non-hydrogen) atoms. The lowest BCUT2D eigenvalue weighted by atomic mass is 10.2. The van der Waals surface area contributed by atoms with Crippen LogP contribution in [0.2, 0.25) is 0 Å². The Kier molecular flexibility index (Phi) is 4.04. The molecule has 0 saturated heterocycles. The Labute approximate surface area is 114 Å². The van der Waals surface area contributed by atoms with Crippen LogP contribution >= 0.6 is 15.9 Å². The summed E-state index contributed by atoms with van der Waals surface area (Å²) in [5.41, 5.74) is 2.42. The molecule has 0 aliphatic rings. The zero-order chi connectivity index (χ0) is 13.0. The maximum absolute atomic E-state index is 11.8. The summed E-state index contributed by atoms with van der Waals surface area (Å²) >= 11 is 3.32. The van der Waals surface area contributed by atoms with Gasteiger partial charge in [0.1, 0.15) is 4.60 Å². The Morgan fingerprint density at radius 3 is 2.89 bits per heavy atom. The number of nitrogens with one attached hydrogen (secondary N) is 1. The lowest BCUT2D eigenvalue weighted by Gasteiger charge is -2.06. The van der Waals surface area contributed by atoms with Crippen molar-refractivity contribution in [3.05, 3.63) is 52.5 Å². The third-order valence-electron chi connectivity index (χ3n) is 2.37. The van der Waals surface area contributed by atoms with Gasteiger partial charge in [-0.3, -0.25) is 9.78 Å². The van der Waals surface area contributed by atoms with Gasteiger partial charge >= 0.3 is 0 Å². The Morgan fingerprint density at radius 2 is 2.22 bits per heavy atom. The van der Waals surface area contributed by atoms with Crippen molar-refractivity contribution in [3.8, 4) is 0 Å². The molecule has 1 amide bonds. The summed E-state index contributed by atoms with van der Waals surface area (Å²) in [6.45, 7) is 1.92. The molecule has 0 fully saturated rings. The first-order valence-corrected chi connectivity index (χ1v) is 6.26. The third kappa shape index (κ3) is 3.37. The second-order valence-corrected chi connectivity index (χ2v) is 4.63. The first kappa shape index (κ1) is 12.7. The van der Waals surface area contributed by atoms with E-state index in [1.54, 1.807) is 12.4 Å². The molecule has 0 spiro atoms. The topological polar surface area (TPSA) is 54.9 Å². The number of amides is 1. The molecule has 0 unspecified atom stereocenters. The molecule has 92 valence electrons. The molecule has 0 aliphatic heterocycles. The van der Waals surface area contributed by atoms with Crippen molar-refractivity contribution in [2.75, 3.05) is 5.32 Å². The van der Waals surface area contributed by atoms with E-state index < -0.39 is 0 Å². The number of hydrogen-bond acceptors (Lipinski definition) is 3. The number of nitrogens with zero attached hydrogens (tertiary/aromatic N) is 2. The first-order valence-electron chi connectivity index (χ1n) is 5.47. The van der Waals surface area contributed by atoms with E-state index in [9.17, 15) is 4.79 Å². The second kappa shape index (κ2) is 5.73. The number of rotatable bonds is 3. The molecule has 5 heteroatoms. The van der Waals surface area contributed by atoms with Crippen LogP contribution in [-0.2, 0) is 11.2 Å². The summed E-state index contributed by atoms with van der Waals surface area (Å²) < 4.78 is 0.783. The fraction of sp³-hybridized carbons (Fsp3) is 0.154. The molecule has 0 saturated carbocycles. The normalized spacial score (nSPS) is 10.1. The summed E-state index contributed by atoms with van der Waals surface area (Å²) in [4.78, 5) is 20.0. The number of aryl methyl sites for hydroxylation is 1. The standard InChI is InChI=1S/C13H12BrN3O/c1-9-6-11(8-16-13(9)14)17-12(18)7-10-4-2-3-5-15-10/h2-6,8H,7H2,1H3,(H,17,18). The maximum Gasteiger partial charge on any atom is 0.230 e. The lowest BCUT2D eigenvalue weighted by Crippen LogP contribution is -2.15. The quantitative estimate of drug-likeness (QED) is 0.887. The fourth-order valence-electron chi connectivity index (χ4n) is 1.50. The van der Waals surface area contributed by atoms with Crippen LogP contribution < -0.4 is 5.32 Å². The smallest absolute Gasteiger partial charge is 0.230 e. The van der Waals surface area contributed by atoms with Crippen molar-refractivity contribution in [2.45, 2.75) is 13.3 Å². The zero-order valence-electron chi connectivity index (χ0n) is 9.85. The number of hydrogen-bond donors (Lipinski definition) is 1. The molecule has 0 bridgehead atoms. The van der Waals surface area contributed by atoms with Gasteiger partial charge in [-0.15, -0.1) is 0 Å². The molecule has 4 nitrogen and oxygen atoms in total. The molecule has 2 aromatic heterocycles. The molecular formula is C13H12BrN3O. The largest absolute Gasteiger partial charge is 0.324 e. The first-order chi connectivity index (χ1) is 8.65. The van der Waals surface area contributed by atoms with E-state index in [0.29, 0.717) is 5.69 Å². The van der Waals surface area contributed by atoms with Crippen molar-refractivity contribution < 1.29 is 4.79 Å². The molecular weight excluding hydrogens is 294 g/mol. The Hall–Kier alpha value is -1.75. The van der Waals surface area contributed by atoms with Gasteiger partial charge in [0.15, 0.2) is 0 Å². The molecule has 1 N–H and O–H groups in total. The van der Waals surface area contributed by atoms with Crippen molar-refractivity contribution in [1.29, 1.82) is 0 Å². The minimum atomic E-state index is -0.0998. The SMILES string of the molecule is Cc1cc(NC(=O)Cc2ccccn2)cnc1Br. The lowest BCUT2D eigenvalue weighted by molar-refractivity contribution is -0.115. The van der Waals surface area contributed by atoms with Gasteiger partial charge < -0.3 is 5.32 Å². The minimum Gasteiger partial charge on any atom is -0.324 e. The number of aromatic nitrogens is 2. The molecule has 0 atom stereocenters. The third-order valence-corrected chi connectivity index (χ3v) is 3.20. The van der Waals surface area contributed by atoms with E-state index in [0.717, 1.165) is 15.9 Å². The molecule has 0 aromatic carbocycles. The monoisotopic (exact) mass is 305 g/mol. The van der Waals surface area contributed by atoms with Gasteiger partial charge in [-0.05, 0) is 46.6 Å². The highest BCUT2D eigenvalue weighted by Gasteiger charge is 2.06. The van der Waals surface area contributed by atoms with Crippen LogP contribution in [0.4, 0.5) is 5.69 Å². The highest BCUT2D eigenvalue weighted by atomic mass is 79.9. The van der Waals surface area contributed by atoms with E-state index in [4.69, 9.17) is 0 Å². The molecule has 2 heterocycles. The predicted molar refractivity (Wildman–Crippen MR) is 73.2 cm³/mol. The van der Waals surface area contributed by atoms with E-state index in [-0.39, 0.29) is 12.3 Å². The van der Waals surface area contributed by atoms with Gasteiger partial charge in [0, 0.05) is 11.9 Å². The summed E-state index contributed by atoms with van der Waals surface area (Å²) in [6, 6.07) is 7.38. The van der Waals surface area contributed by atoms with Gasteiger partial charge in [0.05, 0.1) is 18.3 Å². The van der Waals surface area contributed by atoms with Gasteiger partial charge in [0.25, 0.3) is 0 Å². The molecule has 0 radical (unpaired) electrons. The highest BCUT2D eigenvalue weighted by Crippen LogP contribution is 2.16. The van der Waals surface area contributed by atoms with Gasteiger partial charge in [-0.1, -0.05) is 6.07 Å². The van der Waals surface area contributed by atoms with E-state index >= 15 is 0 Å². The number of halogens is 1. The van der Waals surface area contributed by atoms with Crippen LogP contribution in [0.5, 0.6) is 0 Å². The van der Waals surface area contributed by atoms with Gasteiger partial charge in [-0.25, -0.2) is 4.98 Å². The minimum absolute atomic E-state index is 0.0998. The number of anilines is 1.